The van der Waals surface area contributed by atoms with Gasteiger partial charge in [-0.25, -0.2) is 4.68 Å². The van der Waals surface area contributed by atoms with Gasteiger partial charge in [0, 0.05) is 0 Å². The third kappa shape index (κ3) is 3.17. The van der Waals surface area contributed by atoms with E-state index >= 15 is 0 Å². The van der Waals surface area contributed by atoms with Crippen LogP contribution in [0.1, 0.15) is 24.5 Å². The number of furan rings is 1. The molecule has 0 aromatic carbocycles. The Bertz CT molecular complexity index is 504. The van der Waals surface area contributed by atoms with E-state index in [1.54, 1.807) is 25.3 Å². The highest BCUT2D eigenvalue weighted by Crippen LogP contribution is 2.06. The Kier molecular flexibility index (Phi) is 3.73. The number of rotatable bonds is 5. The molecule has 0 radical (unpaired) electrons. The van der Waals surface area contributed by atoms with Crippen LogP contribution in [0.15, 0.2) is 29.0 Å². The SMILES string of the molecule is CC(O)c1cn(CC(=O)NCc2ccco2)nn1. The fourth-order valence-electron chi connectivity index (χ4n) is 1.38. The van der Waals surface area contributed by atoms with E-state index in [1.165, 1.54) is 10.9 Å². The van der Waals surface area contributed by atoms with E-state index in [4.69, 9.17) is 4.42 Å². The minimum Gasteiger partial charge on any atom is -0.467 e. The van der Waals surface area contributed by atoms with Gasteiger partial charge in [-0.3, -0.25) is 4.79 Å². The van der Waals surface area contributed by atoms with Gasteiger partial charge < -0.3 is 14.8 Å². The first-order chi connectivity index (χ1) is 8.65. The summed E-state index contributed by atoms with van der Waals surface area (Å²) in [6.45, 7) is 1.98. The second-order valence-electron chi connectivity index (χ2n) is 3.87. The van der Waals surface area contributed by atoms with Crippen LogP contribution >= 0.6 is 0 Å². The monoisotopic (exact) mass is 250 g/mol. The van der Waals surface area contributed by atoms with Gasteiger partial charge in [0.2, 0.25) is 5.91 Å². The summed E-state index contributed by atoms with van der Waals surface area (Å²) in [5.74, 6) is 0.486. The number of nitrogens with one attached hydrogen (secondary N) is 1. The number of carbonyl (C=O) groups excluding carboxylic acids is 1. The molecule has 0 aliphatic rings. The van der Waals surface area contributed by atoms with Gasteiger partial charge in [0.25, 0.3) is 0 Å². The van der Waals surface area contributed by atoms with Gasteiger partial charge in [-0.15, -0.1) is 5.10 Å². The highest BCUT2D eigenvalue weighted by Gasteiger charge is 2.09. The molecule has 7 heteroatoms. The summed E-state index contributed by atoms with van der Waals surface area (Å²) in [6.07, 6.45) is 2.40. The van der Waals surface area contributed by atoms with Crippen LogP contribution in [0.2, 0.25) is 0 Å². The molecule has 0 aliphatic heterocycles. The van der Waals surface area contributed by atoms with Crippen molar-refractivity contribution < 1.29 is 14.3 Å². The molecule has 1 atom stereocenters. The van der Waals surface area contributed by atoms with E-state index in [2.05, 4.69) is 15.6 Å². The zero-order valence-corrected chi connectivity index (χ0v) is 9.91. The normalized spacial score (nSPS) is 12.3. The molecule has 0 spiro atoms. The molecule has 0 fully saturated rings. The number of hydrogen-bond acceptors (Lipinski definition) is 5. The number of hydrogen-bond donors (Lipinski definition) is 2. The second kappa shape index (κ2) is 5.46. The molecule has 0 saturated carbocycles. The Labute approximate surface area is 103 Å². The summed E-state index contributed by atoms with van der Waals surface area (Å²) >= 11 is 0. The predicted octanol–water partition coefficient (Wildman–Crippen LogP) is 0.241. The van der Waals surface area contributed by atoms with Crippen LogP contribution in [-0.4, -0.2) is 26.0 Å². The van der Waals surface area contributed by atoms with Crippen molar-refractivity contribution in [1.82, 2.24) is 20.3 Å². The maximum absolute atomic E-state index is 11.6. The molecule has 1 amide bonds. The Morgan fingerprint density at radius 3 is 3.11 bits per heavy atom. The second-order valence-corrected chi connectivity index (χ2v) is 3.87. The lowest BCUT2D eigenvalue weighted by Gasteiger charge is -2.02. The quantitative estimate of drug-likeness (QED) is 0.793. The van der Waals surface area contributed by atoms with E-state index in [0.717, 1.165) is 0 Å². The van der Waals surface area contributed by atoms with E-state index in [-0.39, 0.29) is 12.5 Å². The zero-order chi connectivity index (χ0) is 13.0. The van der Waals surface area contributed by atoms with Crippen molar-refractivity contribution in [1.29, 1.82) is 0 Å². The summed E-state index contributed by atoms with van der Waals surface area (Å²) < 4.78 is 6.46. The fourth-order valence-corrected chi connectivity index (χ4v) is 1.38. The number of carbonyl (C=O) groups is 1. The summed E-state index contributed by atoms with van der Waals surface area (Å²) in [5.41, 5.74) is 0.439. The summed E-state index contributed by atoms with van der Waals surface area (Å²) in [5, 5.41) is 19.4. The molecule has 0 aliphatic carbocycles. The molecule has 2 rings (SSSR count). The number of aliphatic hydroxyl groups excluding tert-OH is 1. The maximum atomic E-state index is 11.6. The topological polar surface area (TPSA) is 93.2 Å². The Hall–Kier alpha value is -2.15. The van der Waals surface area contributed by atoms with E-state index in [0.29, 0.717) is 18.0 Å². The van der Waals surface area contributed by atoms with Crippen molar-refractivity contribution in [2.75, 3.05) is 0 Å². The molecule has 7 nitrogen and oxygen atoms in total. The van der Waals surface area contributed by atoms with Gasteiger partial charge in [0.15, 0.2) is 0 Å². The van der Waals surface area contributed by atoms with E-state index in [9.17, 15) is 9.90 Å². The van der Waals surface area contributed by atoms with Crippen molar-refractivity contribution in [3.05, 3.63) is 36.0 Å². The number of amides is 1. The Morgan fingerprint density at radius 1 is 1.67 bits per heavy atom. The van der Waals surface area contributed by atoms with Crippen molar-refractivity contribution in [3.8, 4) is 0 Å². The van der Waals surface area contributed by atoms with Crippen molar-refractivity contribution in [2.45, 2.75) is 26.1 Å². The van der Waals surface area contributed by atoms with Crippen LogP contribution in [0.25, 0.3) is 0 Å². The van der Waals surface area contributed by atoms with Gasteiger partial charge in [-0.05, 0) is 19.1 Å². The lowest BCUT2D eigenvalue weighted by molar-refractivity contribution is -0.122. The number of aliphatic hydroxyl groups is 1. The first-order valence-electron chi connectivity index (χ1n) is 5.52. The molecule has 2 heterocycles. The molecule has 96 valence electrons. The van der Waals surface area contributed by atoms with Gasteiger partial charge in [0.1, 0.15) is 18.0 Å². The molecule has 0 bridgehead atoms. The maximum Gasteiger partial charge on any atom is 0.242 e. The summed E-state index contributed by atoms with van der Waals surface area (Å²) in [6, 6.07) is 3.54. The highest BCUT2D eigenvalue weighted by atomic mass is 16.3. The average molecular weight is 250 g/mol. The largest absolute Gasteiger partial charge is 0.467 e. The molecule has 2 N–H and O–H groups in total. The van der Waals surface area contributed by atoms with E-state index in [1.807, 2.05) is 0 Å². The fraction of sp³-hybridized carbons (Fsp3) is 0.364. The molecule has 1 unspecified atom stereocenters. The van der Waals surface area contributed by atoms with Gasteiger partial charge in [-0.2, -0.15) is 0 Å². The van der Waals surface area contributed by atoms with Crippen molar-refractivity contribution in [2.24, 2.45) is 0 Å². The smallest absolute Gasteiger partial charge is 0.242 e. The van der Waals surface area contributed by atoms with Crippen LogP contribution in [0.4, 0.5) is 0 Å². The van der Waals surface area contributed by atoms with Gasteiger partial charge in [-0.1, -0.05) is 5.21 Å². The number of aromatic nitrogens is 3. The third-order valence-electron chi connectivity index (χ3n) is 2.33. The predicted molar refractivity (Wildman–Crippen MR) is 61.2 cm³/mol. The molecule has 2 aromatic rings. The van der Waals surface area contributed by atoms with Crippen LogP contribution in [0.5, 0.6) is 0 Å². The van der Waals surface area contributed by atoms with Crippen molar-refractivity contribution in [3.63, 3.8) is 0 Å². The standard InChI is InChI=1S/C11H14N4O3/c1-8(16)10-6-15(14-13-10)7-11(17)12-5-9-3-2-4-18-9/h2-4,6,8,16H,5,7H2,1H3,(H,12,17). The molecule has 2 aromatic heterocycles. The minimum absolute atomic E-state index is 0.0560. The summed E-state index contributed by atoms with van der Waals surface area (Å²) in [7, 11) is 0. The molecular weight excluding hydrogens is 236 g/mol. The summed E-state index contributed by atoms with van der Waals surface area (Å²) in [4.78, 5) is 11.6. The van der Waals surface area contributed by atoms with Crippen LogP contribution < -0.4 is 5.32 Å². The third-order valence-corrected chi connectivity index (χ3v) is 2.33. The molecule has 0 saturated heterocycles. The van der Waals surface area contributed by atoms with E-state index < -0.39 is 6.10 Å². The Balaban J connectivity index is 1.83. The minimum atomic E-state index is -0.690. The van der Waals surface area contributed by atoms with Crippen LogP contribution in [-0.2, 0) is 17.9 Å². The van der Waals surface area contributed by atoms with Crippen molar-refractivity contribution >= 4 is 5.91 Å². The lowest BCUT2D eigenvalue weighted by Crippen LogP contribution is -2.27. The molecule has 18 heavy (non-hydrogen) atoms. The highest BCUT2D eigenvalue weighted by molar-refractivity contribution is 5.75. The first-order valence-corrected chi connectivity index (χ1v) is 5.52. The van der Waals surface area contributed by atoms with Crippen LogP contribution in [0, 0.1) is 0 Å². The van der Waals surface area contributed by atoms with Gasteiger partial charge in [0.05, 0.1) is 25.1 Å². The number of nitrogens with zero attached hydrogens (tertiary/aromatic N) is 3. The zero-order valence-electron chi connectivity index (χ0n) is 9.91. The van der Waals surface area contributed by atoms with Crippen LogP contribution in [0.3, 0.4) is 0 Å². The lowest BCUT2D eigenvalue weighted by atomic mass is 10.3. The first kappa shape index (κ1) is 12.3. The average Bonchev–Trinajstić information content (AvgIpc) is 2.96. The Morgan fingerprint density at radius 2 is 2.50 bits per heavy atom. The molecular formula is C11H14N4O3. The van der Waals surface area contributed by atoms with Gasteiger partial charge >= 0.3 is 0 Å².